The average Bonchev–Trinajstić information content (AvgIpc) is 2.39. The number of ether oxygens (including phenoxy) is 1. The van der Waals surface area contributed by atoms with Crippen LogP contribution in [0.3, 0.4) is 0 Å². The van der Waals surface area contributed by atoms with Crippen LogP contribution >= 0.6 is 27.5 Å². The van der Waals surface area contributed by atoms with Gasteiger partial charge in [0.2, 0.25) is 0 Å². The van der Waals surface area contributed by atoms with Gasteiger partial charge in [-0.15, -0.1) is 0 Å². The third-order valence-corrected chi connectivity index (χ3v) is 3.68. The zero-order valence-corrected chi connectivity index (χ0v) is 13.1. The predicted molar refractivity (Wildman–Crippen MR) is 80.5 cm³/mol. The summed E-state index contributed by atoms with van der Waals surface area (Å²) >= 11 is 9.34. The van der Waals surface area contributed by atoms with Gasteiger partial charge in [-0.05, 0) is 37.3 Å². The molecule has 0 aliphatic heterocycles. The van der Waals surface area contributed by atoms with E-state index in [9.17, 15) is 9.50 Å². The molecule has 0 saturated carbocycles. The Morgan fingerprint density at radius 2 is 2.05 bits per heavy atom. The third kappa shape index (κ3) is 3.72. The Hall–Kier alpha value is -1.10. The third-order valence-electron chi connectivity index (χ3n) is 2.82. The SMILES string of the molecule is C[C@H](O)c1ccc(Br)cc1OCc1cc(F)ccc1Cl. The van der Waals surface area contributed by atoms with E-state index in [-0.39, 0.29) is 12.4 Å². The Morgan fingerprint density at radius 3 is 2.75 bits per heavy atom. The van der Waals surface area contributed by atoms with Crippen molar-refractivity contribution in [1.29, 1.82) is 0 Å². The first-order valence-corrected chi connectivity index (χ1v) is 7.18. The van der Waals surface area contributed by atoms with Crippen molar-refractivity contribution in [3.8, 4) is 5.75 Å². The molecule has 5 heteroatoms. The smallest absolute Gasteiger partial charge is 0.126 e. The number of hydrogen-bond donors (Lipinski definition) is 1. The summed E-state index contributed by atoms with van der Waals surface area (Å²) in [7, 11) is 0. The highest BCUT2D eigenvalue weighted by atomic mass is 79.9. The van der Waals surface area contributed by atoms with Crippen molar-refractivity contribution in [3.63, 3.8) is 0 Å². The van der Waals surface area contributed by atoms with Gasteiger partial charge < -0.3 is 9.84 Å². The van der Waals surface area contributed by atoms with Crippen molar-refractivity contribution < 1.29 is 14.2 Å². The van der Waals surface area contributed by atoms with Crippen molar-refractivity contribution in [2.24, 2.45) is 0 Å². The minimum atomic E-state index is -0.652. The second kappa shape index (κ2) is 6.57. The van der Waals surface area contributed by atoms with E-state index in [2.05, 4.69) is 15.9 Å². The number of hydrogen-bond acceptors (Lipinski definition) is 2. The maximum Gasteiger partial charge on any atom is 0.126 e. The summed E-state index contributed by atoms with van der Waals surface area (Å²) in [5.41, 5.74) is 1.23. The summed E-state index contributed by atoms with van der Waals surface area (Å²) in [4.78, 5) is 0. The van der Waals surface area contributed by atoms with Crippen molar-refractivity contribution in [3.05, 3.63) is 62.8 Å². The molecule has 0 aromatic heterocycles. The van der Waals surface area contributed by atoms with Crippen molar-refractivity contribution in [2.75, 3.05) is 0 Å². The molecular formula is C15H13BrClFO2. The summed E-state index contributed by atoms with van der Waals surface area (Å²) < 4.78 is 19.7. The fourth-order valence-electron chi connectivity index (χ4n) is 1.79. The molecule has 0 aliphatic carbocycles. The fraction of sp³-hybridized carbons (Fsp3) is 0.200. The number of benzene rings is 2. The number of aliphatic hydroxyl groups excluding tert-OH is 1. The maximum atomic E-state index is 13.2. The quantitative estimate of drug-likeness (QED) is 0.843. The number of aliphatic hydroxyl groups is 1. The van der Waals surface area contributed by atoms with Crippen molar-refractivity contribution in [1.82, 2.24) is 0 Å². The van der Waals surface area contributed by atoms with Gasteiger partial charge >= 0.3 is 0 Å². The molecule has 1 atom stereocenters. The lowest BCUT2D eigenvalue weighted by atomic mass is 10.1. The second-order valence-electron chi connectivity index (χ2n) is 4.38. The zero-order valence-electron chi connectivity index (χ0n) is 10.7. The van der Waals surface area contributed by atoms with E-state index >= 15 is 0 Å². The standard InChI is InChI=1S/C15H13BrClFO2/c1-9(19)13-4-2-11(16)7-15(13)20-8-10-6-12(18)3-5-14(10)17/h2-7,9,19H,8H2,1H3/t9-/m0/s1. The zero-order chi connectivity index (χ0) is 14.7. The molecule has 2 aromatic carbocycles. The molecule has 0 heterocycles. The van der Waals surface area contributed by atoms with Gasteiger partial charge in [-0.2, -0.15) is 0 Å². The van der Waals surface area contributed by atoms with Crippen molar-refractivity contribution in [2.45, 2.75) is 19.6 Å². The Kier molecular flexibility index (Phi) is 5.02. The van der Waals surface area contributed by atoms with E-state index in [1.54, 1.807) is 19.1 Å². The van der Waals surface area contributed by atoms with Gasteiger partial charge in [-0.3, -0.25) is 0 Å². The number of halogens is 3. The van der Waals surface area contributed by atoms with Crippen LogP contribution in [0.5, 0.6) is 5.75 Å². The second-order valence-corrected chi connectivity index (χ2v) is 5.71. The van der Waals surface area contributed by atoms with E-state index in [1.165, 1.54) is 18.2 Å². The molecule has 0 aliphatic rings. The topological polar surface area (TPSA) is 29.5 Å². The molecular weight excluding hydrogens is 347 g/mol. The molecule has 2 rings (SSSR count). The van der Waals surface area contributed by atoms with E-state index in [1.807, 2.05) is 6.07 Å². The summed E-state index contributed by atoms with van der Waals surface area (Å²) in [6.45, 7) is 1.79. The van der Waals surface area contributed by atoms with Crippen LogP contribution in [0.1, 0.15) is 24.2 Å². The molecule has 0 unspecified atom stereocenters. The lowest BCUT2D eigenvalue weighted by Gasteiger charge is -2.14. The van der Waals surface area contributed by atoms with E-state index in [0.29, 0.717) is 21.9 Å². The van der Waals surface area contributed by atoms with E-state index in [0.717, 1.165) is 4.47 Å². The molecule has 0 bridgehead atoms. The molecule has 2 aromatic rings. The van der Waals surface area contributed by atoms with E-state index < -0.39 is 6.10 Å². The predicted octanol–water partition coefficient (Wildman–Crippen LogP) is 4.87. The molecule has 0 spiro atoms. The summed E-state index contributed by atoms with van der Waals surface area (Å²) in [6.07, 6.45) is -0.652. The highest BCUT2D eigenvalue weighted by Crippen LogP contribution is 2.30. The van der Waals surface area contributed by atoms with Gasteiger partial charge in [-0.25, -0.2) is 4.39 Å². The van der Waals surface area contributed by atoms with Crippen LogP contribution in [-0.2, 0) is 6.61 Å². The van der Waals surface area contributed by atoms with Crippen molar-refractivity contribution >= 4 is 27.5 Å². The van der Waals surface area contributed by atoms with Crippen LogP contribution in [0.15, 0.2) is 40.9 Å². The lowest BCUT2D eigenvalue weighted by molar-refractivity contribution is 0.190. The number of rotatable bonds is 4. The Morgan fingerprint density at radius 1 is 1.30 bits per heavy atom. The highest BCUT2D eigenvalue weighted by molar-refractivity contribution is 9.10. The molecule has 106 valence electrons. The van der Waals surface area contributed by atoms with Gasteiger partial charge in [0.1, 0.15) is 18.2 Å². The summed E-state index contributed by atoms with van der Waals surface area (Å²) in [5, 5.41) is 10.2. The first-order valence-electron chi connectivity index (χ1n) is 6.01. The minimum Gasteiger partial charge on any atom is -0.488 e. The molecule has 2 nitrogen and oxygen atoms in total. The lowest BCUT2D eigenvalue weighted by Crippen LogP contribution is -2.02. The van der Waals surface area contributed by atoms with Crippen LogP contribution in [0.25, 0.3) is 0 Å². The molecule has 0 amide bonds. The van der Waals surface area contributed by atoms with Gasteiger partial charge in [0.05, 0.1) is 6.10 Å². The molecule has 0 fully saturated rings. The first-order chi connectivity index (χ1) is 9.47. The first kappa shape index (κ1) is 15.3. The van der Waals surface area contributed by atoms with Crippen LogP contribution in [0.2, 0.25) is 5.02 Å². The van der Waals surface area contributed by atoms with Gasteiger partial charge in [0.25, 0.3) is 0 Å². The molecule has 0 radical (unpaired) electrons. The molecule has 1 N–H and O–H groups in total. The van der Waals surface area contributed by atoms with Gasteiger partial charge in [-0.1, -0.05) is 33.6 Å². The monoisotopic (exact) mass is 358 g/mol. The van der Waals surface area contributed by atoms with Gasteiger partial charge in [0, 0.05) is 20.6 Å². The van der Waals surface area contributed by atoms with Crippen LogP contribution in [0.4, 0.5) is 4.39 Å². The fourth-order valence-corrected chi connectivity index (χ4v) is 2.30. The minimum absolute atomic E-state index is 0.132. The maximum absolute atomic E-state index is 13.2. The van der Waals surface area contributed by atoms with E-state index in [4.69, 9.17) is 16.3 Å². The average molecular weight is 360 g/mol. The van der Waals surface area contributed by atoms with Crippen LogP contribution in [0, 0.1) is 5.82 Å². The molecule has 20 heavy (non-hydrogen) atoms. The van der Waals surface area contributed by atoms with Crippen LogP contribution in [-0.4, -0.2) is 5.11 Å². The molecule has 0 saturated heterocycles. The Bertz CT molecular complexity index is 617. The van der Waals surface area contributed by atoms with Crippen LogP contribution < -0.4 is 4.74 Å². The van der Waals surface area contributed by atoms with Gasteiger partial charge in [0.15, 0.2) is 0 Å². The summed E-state index contributed by atoms with van der Waals surface area (Å²) in [6, 6.07) is 9.48. The normalized spacial score (nSPS) is 12.2. The Labute approximate surface area is 130 Å². The largest absolute Gasteiger partial charge is 0.488 e. The Balaban J connectivity index is 2.22. The summed E-state index contributed by atoms with van der Waals surface area (Å²) in [5.74, 6) is 0.174. The highest BCUT2D eigenvalue weighted by Gasteiger charge is 2.11.